The van der Waals surface area contributed by atoms with E-state index in [4.69, 9.17) is 0 Å². The number of rotatable bonds is 5. The number of anilines is 2. The van der Waals surface area contributed by atoms with Gasteiger partial charge in [-0.25, -0.2) is 17.2 Å². The summed E-state index contributed by atoms with van der Waals surface area (Å²) in [6, 6.07) is 16.6. The summed E-state index contributed by atoms with van der Waals surface area (Å²) < 4.78 is 53.5. The third kappa shape index (κ3) is 4.01. The number of nitrogens with one attached hydrogen (secondary N) is 1. The van der Waals surface area contributed by atoms with Crippen LogP contribution in [0.3, 0.4) is 0 Å². The van der Waals surface area contributed by atoms with Crippen molar-refractivity contribution >= 4 is 27.3 Å². The number of nitrogens with zero attached hydrogens (tertiary/aromatic N) is 1. The monoisotopic (exact) mass is 402 g/mol. The number of sulfonamides is 1. The van der Waals surface area contributed by atoms with Gasteiger partial charge in [0.15, 0.2) is 0 Å². The molecule has 28 heavy (non-hydrogen) atoms. The molecule has 0 fully saturated rings. The summed E-state index contributed by atoms with van der Waals surface area (Å²) in [6.45, 7) is 0. The number of amides is 1. The zero-order valence-corrected chi connectivity index (χ0v) is 15.6. The molecule has 3 rings (SSSR count). The van der Waals surface area contributed by atoms with Crippen LogP contribution in [0.5, 0.6) is 0 Å². The van der Waals surface area contributed by atoms with Gasteiger partial charge in [-0.1, -0.05) is 24.3 Å². The summed E-state index contributed by atoms with van der Waals surface area (Å²) in [6.07, 6.45) is 0. The first-order chi connectivity index (χ1) is 13.3. The van der Waals surface area contributed by atoms with Crippen molar-refractivity contribution in [2.24, 2.45) is 0 Å². The second-order valence-corrected chi connectivity index (χ2v) is 7.88. The van der Waals surface area contributed by atoms with Crippen LogP contribution < -0.4 is 9.62 Å². The van der Waals surface area contributed by atoms with E-state index in [2.05, 4.69) is 5.32 Å². The van der Waals surface area contributed by atoms with E-state index < -0.39 is 27.6 Å². The molecule has 144 valence electrons. The Kier molecular flexibility index (Phi) is 5.41. The summed E-state index contributed by atoms with van der Waals surface area (Å²) in [5.74, 6) is -2.42. The minimum absolute atomic E-state index is 0.0197. The van der Waals surface area contributed by atoms with Crippen LogP contribution in [0.25, 0.3) is 0 Å². The maximum atomic E-state index is 13.7. The van der Waals surface area contributed by atoms with Crippen molar-refractivity contribution in [1.29, 1.82) is 0 Å². The number of para-hydroxylation sites is 1. The SMILES string of the molecule is CN(c1ccccc1)S(=O)(=O)c1cccc(C(=O)Nc2ccc(F)cc2F)c1. The quantitative estimate of drug-likeness (QED) is 0.700. The van der Waals surface area contributed by atoms with Crippen molar-refractivity contribution in [3.63, 3.8) is 0 Å². The predicted molar refractivity (Wildman–Crippen MR) is 103 cm³/mol. The molecule has 0 spiro atoms. The Balaban J connectivity index is 1.88. The van der Waals surface area contributed by atoms with Gasteiger partial charge in [0.25, 0.3) is 15.9 Å². The molecule has 0 bridgehead atoms. The molecule has 0 atom stereocenters. The zero-order valence-electron chi connectivity index (χ0n) is 14.8. The molecule has 5 nitrogen and oxygen atoms in total. The third-order valence-electron chi connectivity index (χ3n) is 4.05. The fourth-order valence-corrected chi connectivity index (χ4v) is 3.76. The lowest BCUT2D eigenvalue weighted by atomic mass is 10.2. The van der Waals surface area contributed by atoms with Gasteiger partial charge in [0.05, 0.1) is 16.3 Å². The molecular formula is C20H16F2N2O3S. The number of carbonyl (C=O) groups is 1. The molecular weight excluding hydrogens is 386 g/mol. The molecule has 0 radical (unpaired) electrons. The van der Waals surface area contributed by atoms with Crippen LogP contribution in [0.15, 0.2) is 77.7 Å². The standard InChI is InChI=1S/C20H16F2N2O3S/c1-24(16-7-3-2-4-8-16)28(26,27)17-9-5-6-14(12-17)20(25)23-19-11-10-15(21)13-18(19)22/h2-13H,1H3,(H,23,25). The van der Waals surface area contributed by atoms with E-state index in [1.54, 1.807) is 30.3 Å². The third-order valence-corrected chi connectivity index (χ3v) is 5.84. The lowest BCUT2D eigenvalue weighted by Crippen LogP contribution is -2.26. The van der Waals surface area contributed by atoms with Gasteiger partial charge < -0.3 is 5.32 Å². The molecule has 0 aliphatic rings. The number of carbonyl (C=O) groups excluding carboxylic acids is 1. The normalized spacial score (nSPS) is 11.1. The van der Waals surface area contributed by atoms with Gasteiger partial charge in [0.2, 0.25) is 0 Å². The van der Waals surface area contributed by atoms with E-state index in [1.807, 2.05) is 0 Å². The Bertz CT molecular complexity index is 1120. The number of halogens is 2. The Labute approximate surface area is 161 Å². The van der Waals surface area contributed by atoms with Gasteiger partial charge in [-0.05, 0) is 42.5 Å². The second-order valence-electron chi connectivity index (χ2n) is 5.91. The summed E-state index contributed by atoms with van der Waals surface area (Å²) in [5, 5.41) is 2.30. The Hall–Kier alpha value is -3.26. The highest BCUT2D eigenvalue weighted by Gasteiger charge is 2.22. The molecule has 3 aromatic carbocycles. The number of hydrogen-bond donors (Lipinski definition) is 1. The molecule has 0 saturated heterocycles. The van der Waals surface area contributed by atoms with Crippen molar-refractivity contribution < 1.29 is 22.0 Å². The Morgan fingerprint density at radius 3 is 2.32 bits per heavy atom. The van der Waals surface area contributed by atoms with E-state index in [-0.39, 0.29) is 16.1 Å². The first kappa shape index (κ1) is 19.5. The lowest BCUT2D eigenvalue weighted by molar-refractivity contribution is 0.102. The van der Waals surface area contributed by atoms with Crippen LogP contribution in [0.2, 0.25) is 0 Å². The van der Waals surface area contributed by atoms with E-state index in [0.29, 0.717) is 11.8 Å². The van der Waals surface area contributed by atoms with Crippen LogP contribution in [0, 0.1) is 11.6 Å². The maximum absolute atomic E-state index is 13.7. The van der Waals surface area contributed by atoms with Gasteiger partial charge in [-0.2, -0.15) is 0 Å². The summed E-state index contributed by atoms with van der Waals surface area (Å²) in [5.41, 5.74) is 0.276. The topological polar surface area (TPSA) is 66.5 Å². The predicted octanol–water partition coefficient (Wildman–Crippen LogP) is 4.04. The van der Waals surface area contributed by atoms with E-state index in [0.717, 1.165) is 16.4 Å². The molecule has 0 aliphatic carbocycles. The summed E-state index contributed by atoms with van der Waals surface area (Å²) in [4.78, 5) is 12.3. The maximum Gasteiger partial charge on any atom is 0.264 e. The molecule has 3 aromatic rings. The molecule has 0 aliphatic heterocycles. The second kappa shape index (κ2) is 7.77. The van der Waals surface area contributed by atoms with E-state index in [1.165, 1.54) is 31.3 Å². The molecule has 1 amide bonds. The molecule has 0 heterocycles. The van der Waals surface area contributed by atoms with Gasteiger partial charge in [0, 0.05) is 18.7 Å². The Morgan fingerprint density at radius 2 is 1.64 bits per heavy atom. The van der Waals surface area contributed by atoms with Gasteiger partial charge >= 0.3 is 0 Å². The van der Waals surface area contributed by atoms with Crippen molar-refractivity contribution in [2.75, 3.05) is 16.7 Å². The smallest absolute Gasteiger partial charge is 0.264 e. The average Bonchev–Trinajstić information content (AvgIpc) is 2.70. The van der Waals surface area contributed by atoms with Gasteiger partial charge in [0.1, 0.15) is 11.6 Å². The van der Waals surface area contributed by atoms with Crippen molar-refractivity contribution in [2.45, 2.75) is 4.90 Å². The zero-order chi connectivity index (χ0) is 20.3. The molecule has 1 N–H and O–H groups in total. The van der Waals surface area contributed by atoms with Gasteiger partial charge in [-0.15, -0.1) is 0 Å². The van der Waals surface area contributed by atoms with Crippen molar-refractivity contribution in [3.05, 3.63) is 90.0 Å². The van der Waals surface area contributed by atoms with Crippen LogP contribution >= 0.6 is 0 Å². The fourth-order valence-electron chi connectivity index (χ4n) is 2.52. The van der Waals surface area contributed by atoms with Crippen LogP contribution in [0.1, 0.15) is 10.4 Å². The minimum Gasteiger partial charge on any atom is -0.319 e. The Morgan fingerprint density at radius 1 is 0.929 bits per heavy atom. The highest BCUT2D eigenvalue weighted by atomic mass is 32.2. The summed E-state index contributed by atoms with van der Waals surface area (Å²) >= 11 is 0. The molecule has 8 heteroatoms. The first-order valence-corrected chi connectivity index (χ1v) is 9.63. The van der Waals surface area contributed by atoms with E-state index in [9.17, 15) is 22.0 Å². The molecule has 0 saturated carbocycles. The number of benzene rings is 3. The van der Waals surface area contributed by atoms with Crippen molar-refractivity contribution in [1.82, 2.24) is 0 Å². The molecule has 0 unspecified atom stereocenters. The van der Waals surface area contributed by atoms with Crippen LogP contribution in [-0.4, -0.2) is 21.4 Å². The summed E-state index contributed by atoms with van der Waals surface area (Å²) in [7, 11) is -2.50. The minimum atomic E-state index is -3.91. The average molecular weight is 402 g/mol. The lowest BCUT2D eigenvalue weighted by Gasteiger charge is -2.19. The van der Waals surface area contributed by atoms with Crippen LogP contribution in [0.4, 0.5) is 20.2 Å². The fraction of sp³-hybridized carbons (Fsp3) is 0.0500. The molecule has 0 aromatic heterocycles. The van der Waals surface area contributed by atoms with Gasteiger partial charge in [-0.3, -0.25) is 9.10 Å². The highest BCUT2D eigenvalue weighted by Crippen LogP contribution is 2.23. The van der Waals surface area contributed by atoms with E-state index >= 15 is 0 Å². The van der Waals surface area contributed by atoms with Crippen LogP contribution in [-0.2, 0) is 10.0 Å². The first-order valence-electron chi connectivity index (χ1n) is 8.19. The highest BCUT2D eigenvalue weighted by molar-refractivity contribution is 7.92. The number of hydrogen-bond acceptors (Lipinski definition) is 3. The largest absolute Gasteiger partial charge is 0.319 e. The van der Waals surface area contributed by atoms with Crippen molar-refractivity contribution in [3.8, 4) is 0 Å².